The zero-order valence-corrected chi connectivity index (χ0v) is 10.9. The Labute approximate surface area is 120 Å². The van der Waals surface area contributed by atoms with Gasteiger partial charge in [0, 0.05) is 0 Å². The first-order valence-electron chi connectivity index (χ1n) is 6.02. The number of carboxylic acid groups (broad SMARTS) is 2. The van der Waals surface area contributed by atoms with Crippen molar-refractivity contribution in [3.63, 3.8) is 0 Å². The Balaban J connectivity index is 2.14. The van der Waals surface area contributed by atoms with Crippen LogP contribution >= 0.6 is 0 Å². The molecule has 0 atom stereocenters. The van der Waals surface area contributed by atoms with E-state index in [-0.39, 0.29) is 11.5 Å². The molecule has 0 unspecified atom stereocenters. The van der Waals surface area contributed by atoms with Crippen LogP contribution in [0, 0.1) is 0 Å². The molecule has 108 valence electrons. The number of hydrogen-bond acceptors (Lipinski definition) is 4. The Morgan fingerprint density at radius 1 is 0.810 bits per heavy atom. The van der Waals surface area contributed by atoms with E-state index in [2.05, 4.69) is 9.47 Å². The van der Waals surface area contributed by atoms with Gasteiger partial charge in [-0.3, -0.25) is 0 Å². The van der Waals surface area contributed by atoms with Crippen molar-refractivity contribution < 1.29 is 29.3 Å². The van der Waals surface area contributed by atoms with Crippen molar-refractivity contribution in [1.82, 2.24) is 0 Å². The van der Waals surface area contributed by atoms with Gasteiger partial charge in [-0.25, -0.2) is 9.59 Å². The maximum Gasteiger partial charge on any atom is 0.511 e. The second kappa shape index (κ2) is 6.42. The quantitative estimate of drug-likeness (QED) is 0.661. The highest BCUT2D eigenvalue weighted by Crippen LogP contribution is 2.19. The van der Waals surface area contributed by atoms with Crippen molar-refractivity contribution in [3.05, 3.63) is 59.7 Å². The van der Waals surface area contributed by atoms with Crippen LogP contribution in [0.2, 0.25) is 0 Å². The van der Waals surface area contributed by atoms with Crippen molar-refractivity contribution in [2.75, 3.05) is 0 Å². The van der Waals surface area contributed by atoms with E-state index in [0.717, 1.165) is 11.1 Å². The molecule has 2 aromatic carbocycles. The SMILES string of the molecule is O=C(O)Oc1cccc(Cc2cccc(OC(=O)O)c2)c1. The monoisotopic (exact) mass is 288 g/mol. The smallest absolute Gasteiger partial charge is 0.449 e. The fourth-order valence-corrected chi connectivity index (χ4v) is 1.88. The van der Waals surface area contributed by atoms with Gasteiger partial charge in [0.25, 0.3) is 0 Å². The molecule has 0 aliphatic carbocycles. The summed E-state index contributed by atoms with van der Waals surface area (Å²) in [4.78, 5) is 21.0. The van der Waals surface area contributed by atoms with Gasteiger partial charge in [-0.15, -0.1) is 0 Å². The fourth-order valence-electron chi connectivity index (χ4n) is 1.88. The van der Waals surface area contributed by atoms with Crippen LogP contribution < -0.4 is 9.47 Å². The van der Waals surface area contributed by atoms with Gasteiger partial charge in [0.1, 0.15) is 11.5 Å². The first kappa shape index (κ1) is 14.4. The zero-order valence-electron chi connectivity index (χ0n) is 10.9. The summed E-state index contributed by atoms with van der Waals surface area (Å²) in [6.45, 7) is 0. The molecular formula is C15H12O6. The second-order valence-electron chi connectivity index (χ2n) is 4.21. The first-order valence-corrected chi connectivity index (χ1v) is 6.02. The summed E-state index contributed by atoms with van der Waals surface area (Å²) in [5.74, 6) is 0.468. The first-order chi connectivity index (χ1) is 10.0. The third kappa shape index (κ3) is 4.54. The van der Waals surface area contributed by atoms with E-state index < -0.39 is 12.3 Å². The summed E-state index contributed by atoms with van der Waals surface area (Å²) in [7, 11) is 0. The highest BCUT2D eigenvalue weighted by Gasteiger charge is 2.05. The van der Waals surface area contributed by atoms with Gasteiger partial charge in [-0.1, -0.05) is 24.3 Å². The minimum atomic E-state index is -1.37. The molecule has 21 heavy (non-hydrogen) atoms. The fraction of sp³-hybridized carbons (Fsp3) is 0.0667. The van der Waals surface area contributed by atoms with Crippen molar-refractivity contribution in [2.24, 2.45) is 0 Å². The number of ether oxygens (including phenoxy) is 2. The predicted molar refractivity (Wildman–Crippen MR) is 73.0 cm³/mol. The molecule has 6 nitrogen and oxygen atoms in total. The molecule has 0 bridgehead atoms. The molecule has 2 aromatic rings. The van der Waals surface area contributed by atoms with Gasteiger partial charge in [-0.2, -0.15) is 0 Å². The van der Waals surface area contributed by atoms with E-state index in [1.165, 1.54) is 0 Å². The predicted octanol–water partition coefficient (Wildman–Crippen LogP) is 3.39. The van der Waals surface area contributed by atoms with Crippen LogP contribution in [0.1, 0.15) is 11.1 Å². The molecule has 6 heteroatoms. The summed E-state index contributed by atoms with van der Waals surface area (Å²) < 4.78 is 9.17. The van der Waals surface area contributed by atoms with Gasteiger partial charge in [0.15, 0.2) is 0 Å². The standard InChI is InChI=1S/C15H12O6/c16-14(17)20-12-5-1-3-10(8-12)7-11-4-2-6-13(9-11)21-15(18)19/h1-6,8-9H,7H2,(H,16,17)(H,18,19). The lowest BCUT2D eigenvalue weighted by Gasteiger charge is -2.06. The topological polar surface area (TPSA) is 93.1 Å². The van der Waals surface area contributed by atoms with Crippen molar-refractivity contribution >= 4 is 12.3 Å². The maximum absolute atomic E-state index is 10.5. The second-order valence-corrected chi connectivity index (χ2v) is 4.21. The van der Waals surface area contributed by atoms with Crippen LogP contribution in [-0.2, 0) is 6.42 Å². The van der Waals surface area contributed by atoms with E-state index >= 15 is 0 Å². The van der Waals surface area contributed by atoms with Crippen LogP contribution in [0.4, 0.5) is 9.59 Å². The van der Waals surface area contributed by atoms with Gasteiger partial charge in [0.05, 0.1) is 0 Å². The molecule has 0 aromatic heterocycles. The number of carbonyl (C=O) groups is 2. The highest BCUT2D eigenvalue weighted by atomic mass is 16.7. The molecule has 2 rings (SSSR count). The molecule has 0 amide bonds. The van der Waals surface area contributed by atoms with Gasteiger partial charge in [-0.05, 0) is 41.8 Å². The third-order valence-electron chi connectivity index (χ3n) is 2.62. The van der Waals surface area contributed by atoms with E-state index in [0.29, 0.717) is 6.42 Å². The molecule has 0 aliphatic rings. The largest absolute Gasteiger partial charge is 0.511 e. The molecule has 0 fully saturated rings. The summed E-state index contributed by atoms with van der Waals surface area (Å²) >= 11 is 0. The molecule has 2 N–H and O–H groups in total. The number of rotatable bonds is 4. The lowest BCUT2D eigenvalue weighted by Crippen LogP contribution is -2.04. The summed E-state index contributed by atoms with van der Waals surface area (Å²) in [5, 5.41) is 17.1. The van der Waals surface area contributed by atoms with Gasteiger partial charge < -0.3 is 19.7 Å². The van der Waals surface area contributed by atoms with Crippen LogP contribution in [0.15, 0.2) is 48.5 Å². The molecular weight excluding hydrogens is 276 g/mol. The van der Waals surface area contributed by atoms with Crippen LogP contribution in [-0.4, -0.2) is 22.5 Å². The molecule has 0 spiro atoms. The van der Waals surface area contributed by atoms with Crippen LogP contribution in [0.3, 0.4) is 0 Å². The summed E-state index contributed by atoms with van der Waals surface area (Å²) in [5.41, 5.74) is 1.67. The Kier molecular flexibility index (Phi) is 4.40. The van der Waals surface area contributed by atoms with Crippen molar-refractivity contribution in [3.8, 4) is 11.5 Å². The lowest BCUT2D eigenvalue weighted by atomic mass is 10.0. The average Bonchev–Trinajstić information content (AvgIpc) is 2.37. The minimum absolute atomic E-state index is 0.234. The zero-order chi connectivity index (χ0) is 15.2. The molecule has 0 radical (unpaired) electrons. The molecule has 0 saturated heterocycles. The molecule has 0 saturated carbocycles. The number of hydrogen-bond donors (Lipinski definition) is 2. The highest BCUT2D eigenvalue weighted by molar-refractivity contribution is 5.62. The van der Waals surface area contributed by atoms with Crippen LogP contribution in [0.25, 0.3) is 0 Å². The van der Waals surface area contributed by atoms with Gasteiger partial charge >= 0.3 is 12.3 Å². The Morgan fingerprint density at radius 3 is 1.62 bits per heavy atom. The number of benzene rings is 2. The Bertz CT molecular complexity index is 607. The molecule has 0 aliphatic heterocycles. The lowest BCUT2D eigenvalue weighted by molar-refractivity contribution is 0.143. The Morgan fingerprint density at radius 2 is 1.24 bits per heavy atom. The summed E-state index contributed by atoms with van der Waals surface area (Å²) in [6, 6.07) is 13.3. The normalized spacial score (nSPS) is 9.90. The van der Waals surface area contributed by atoms with E-state index in [9.17, 15) is 9.59 Å². The van der Waals surface area contributed by atoms with E-state index in [1.54, 1.807) is 36.4 Å². The van der Waals surface area contributed by atoms with Crippen molar-refractivity contribution in [2.45, 2.75) is 6.42 Å². The molecule has 0 heterocycles. The summed E-state index contributed by atoms with van der Waals surface area (Å²) in [6.07, 6.45) is -2.25. The van der Waals surface area contributed by atoms with E-state index in [4.69, 9.17) is 10.2 Å². The third-order valence-corrected chi connectivity index (χ3v) is 2.62. The Hall–Kier alpha value is -3.02. The van der Waals surface area contributed by atoms with Crippen LogP contribution in [0.5, 0.6) is 11.5 Å². The maximum atomic E-state index is 10.5. The minimum Gasteiger partial charge on any atom is -0.449 e. The van der Waals surface area contributed by atoms with E-state index in [1.807, 2.05) is 12.1 Å². The average molecular weight is 288 g/mol. The van der Waals surface area contributed by atoms with Crippen molar-refractivity contribution in [1.29, 1.82) is 0 Å². The van der Waals surface area contributed by atoms with Gasteiger partial charge in [0.2, 0.25) is 0 Å².